The first-order chi connectivity index (χ1) is 18.4. The number of rotatable bonds is 7. The molecule has 4 rings (SSSR count). The SMILES string of the molecule is Cc1cc(C#N)cc(C)c1Oc1nc(Nc2ccc(C#N)cc2)ncc1/C=C/C(=O)N1CCN(C=O)CC1. The van der Waals surface area contributed by atoms with Gasteiger partial charge in [0, 0.05) is 44.1 Å². The number of amides is 2. The molecule has 2 amide bonds. The third kappa shape index (κ3) is 6.12. The Kier molecular flexibility index (Phi) is 7.95. The Labute approximate surface area is 220 Å². The summed E-state index contributed by atoms with van der Waals surface area (Å²) >= 11 is 0. The molecular weight excluding hydrogens is 482 g/mol. The van der Waals surface area contributed by atoms with Crippen LogP contribution in [0.3, 0.4) is 0 Å². The Morgan fingerprint density at radius 2 is 1.68 bits per heavy atom. The lowest BCUT2D eigenvalue weighted by Crippen LogP contribution is -2.47. The first kappa shape index (κ1) is 25.9. The maximum atomic E-state index is 12.8. The van der Waals surface area contributed by atoms with E-state index >= 15 is 0 Å². The third-order valence-corrected chi connectivity index (χ3v) is 6.02. The number of carbonyl (C=O) groups is 2. The zero-order chi connectivity index (χ0) is 27.1. The van der Waals surface area contributed by atoms with Gasteiger partial charge in [0.15, 0.2) is 0 Å². The molecule has 0 unspecified atom stereocenters. The molecule has 1 aliphatic heterocycles. The average Bonchev–Trinajstić information content (AvgIpc) is 2.94. The van der Waals surface area contributed by atoms with Crippen molar-refractivity contribution in [3.05, 3.63) is 76.5 Å². The van der Waals surface area contributed by atoms with Crippen molar-refractivity contribution in [2.24, 2.45) is 0 Å². The lowest BCUT2D eigenvalue weighted by molar-refractivity contribution is -0.130. The molecule has 38 heavy (non-hydrogen) atoms. The topological polar surface area (TPSA) is 135 Å². The van der Waals surface area contributed by atoms with Gasteiger partial charge in [-0.15, -0.1) is 0 Å². The second-order valence-corrected chi connectivity index (χ2v) is 8.72. The number of benzene rings is 2. The van der Waals surface area contributed by atoms with Crippen LogP contribution in [0.15, 0.2) is 48.7 Å². The second kappa shape index (κ2) is 11.7. The van der Waals surface area contributed by atoms with Gasteiger partial charge in [0.1, 0.15) is 5.75 Å². The predicted molar refractivity (Wildman–Crippen MR) is 140 cm³/mol. The zero-order valence-corrected chi connectivity index (χ0v) is 21.0. The number of aryl methyl sites for hydroxylation is 2. The molecule has 190 valence electrons. The number of hydrogen-bond acceptors (Lipinski definition) is 8. The van der Waals surface area contributed by atoms with E-state index in [2.05, 4.69) is 27.4 Å². The minimum absolute atomic E-state index is 0.188. The number of ether oxygens (including phenoxy) is 1. The summed E-state index contributed by atoms with van der Waals surface area (Å²) in [5, 5.41) is 21.4. The Bertz CT molecular complexity index is 1440. The molecular formula is C28H25N7O3. The van der Waals surface area contributed by atoms with E-state index in [9.17, 15) is 14.9 Å². The molecule has 1 saturated heterocycles. The fraction of sp³-hybridized carbons (Fsp3) is 0.214. The number of nitrogens with one attached hydrogen (secondary N) is 1. The van der Waals surface area contributed by atoms with Gasteiger partial charge in [-0.3, -0.25) is 9.59 Å². The maximum absolute atomic E-state index is 12.8. The van der Waals surface area contributed by atoms with Gasteiger partial charge in [0.25, 0.3) is 0 Å². The monoisotopic (exact) mass is 507 g/mol. The molecule has 10 nitrogen and oxygen atoms in total. The van der Waals surface area contributed by atoms with Crippen LogP contribution in [0.1, 0.15) is 27.8 Å². The van der Waals surface area contributed by atoms with Gasteiger partial charge in [-0.25, -0.2) is 4.98 Å². The highest BCUT2D eigenvalue weighted by atomic mass is 16.5. The molecule has 10 heteroatoms. The van der Waals surface area contributed by atoms with Crippen LogP contribution in [0.25, 0.3) is 6.08 Å². The van der Waals surface area contributed by atoms with Crippen LogP contribution in [-0.4, -0.2) is 58.3 Å². The lowest BCUT2D eigenvalue weighted by atomic mass is 10.1. The Balaban J connectivity index is 1.62. The minimum Gasteiger partial charge on any atom is -0.438 e. The average molecular weight is 508 g/mol. The van der Waals surface area contributed by atoms with Crippen LogP contribution >= 0.6 is 0 Å². The van der Waals surface area contributed by atoms with Gasteiger partial charge >= 0.3 is 0 Å². The van der Waals surface area contributed by atoms with E-state index in [1.54, 1.807) is 58.5 Å². The third-order valence-electron chi connectivity index (χ3n) is 6.02. The van der Waals surface area contributed by atoms with E-state index in [4.69, 9.17) is 10.00 Å². The Morgan fingerprint density at radius 3 is 2.29 bits per heavy atom. The highest BCUT2D eigenvalue weighted by Gasteiger charge is 2.19. The van der Waals surface area contributed by atoms with Crippen LogP contribution in [0.4, 0.5) is 11.6 Å². The highest BCUT2D eigenvalue weighted by molar-refractivity contribution is 5.92. The summed E-state index contributed by atoms with van der Waals surface area (Å²) in [5.74, 6) is 0.856. The van der Waals surface area contributed by atoms with Crippen LogP contribution in [0.2, 0.25) is 0 Å². The van der Waals surface area contributed by atoms with E-state index in [1.807, 2.05) is 13.8 Å². The highest BCUT2D eigenvalue weighted by Crippen LogP contribution is 2.32. The van der Waals surface area contributed by atoms with Crippen molar-refractivity contribution in [2.75, 3.05) is 31.5 Å². The molecule has 1 N–H and O–H groups in total. The number of carbonyl (C=O) groups excluding carboxylic acids is 2. The molecule has 1 aliphatic rings. The fourth-order valence-electron chi connectivity index (χ4n) is 3.98. The van der Waals surface area contributed by atoms with E-state index in [-0.39, 0.29) is 17.7 Å². The molecule has 2 heterocycles. The maximum Gasteiger partial charge on any atom is 0.246 e. The molecule has 0 atom stereocenters. The minimum atomic E-state index is -0.188. The number of hydrogen-bond donors (Lipinski definition) is 1. The standard InChI is InChI=1S/C28H25N7O3/c1-19-13-22(16-30)14-20(2)26(19)38-27-23(5-8-25(37)35-11-9-34(18-36)10-12-35)17-31-28(33-27)32-24-6-3-21(15-29)4-7-24/h3-8,13-14,17-18H,9-12H2,1-2H3,(H,31,32,33)/b8-5+. The zero-order valence-electron chi connectivity index (χ0n) is 21.0. The molecule has 1 aromatic heterocycles. The summed E-state index contributed by atoms with van der Waals surface area (Å²) in [5.41, 5.74) is 3.76. The number of anilines is 2. The van der Waals surface area contributed by atoms with Gasteiger partial charge in [-0.2, -0.15) is 15.5 Å². The van der Waals surface area contributed by atoms with Crippen LogP contribution in [0, 0.1) is 36.5 Å². The second-order valence-electron chi connectivity index (χ2n) is 8.72. The molecule has 0 spiro atoms. The van der Waals surface area contributed by atoms with Gasteiger partial charge in [-0.1, -0.05) is 0 Å². The molecule has 1 fully saturated rings. The van der Waals surface area contributed by atoms with Crippen molar-refractivity contribution in [1.29, 1.82) is 10.5 Å². The summed E-state index contributed by atoms with van der Waals surface area (Å²) in [6, 6.07) is 14.5. The van der Waals surface area contributed by atoms with Crippen molar-refractivity contribution in [1.82, 2.24) is 19.8 Å². The van der Waals surface area contributed by atoms with Crippen LogP contribution in [-0.2, 0) is 9.59 Å². The summed E-state index contributed by atoms with van der Waals surface area (Å²) in [4.78, 5) is 35.9. The summed E-state index contributed by atoms with van der Waals surface area (Å²) in [6.07, 6.45) is 5.38. The number of nitrogens with zero attached hydrogens (tertiary/aromatic N) is 6. The van der Waals surface area contributed by atoms with Crippen molar-refractivity contribution in [2.45, 2.75) is 13.8 Å². The summed E-state index contributed by atoms with van der Waals surface area (Å²) < 4.78 is 6.23. The van der Waals surface area contributed by atoms with Gasteiger partial charge in [-0.05, 0) is 67.4 Å². The van der Waals surface area contributed by atoms with Crippen molar-refractivity contribution < 1.29 is 14.3 Å². The number of piperazine rings is 1. The molecule has 0 saturated carbocycles. The van der Waals surface area contributed by atoms with E-state index < -0.39 is 0 Å². The normalized spacial score (nSPS) is 13.1. The first-order valence-electron chi connectivity index (χ1n) is 11.9. The van der Waals surface area contributed by atoms with Gasteiger partial charge in [0.05, 0.1) is 28.8 Å². The first-order valence-corrected chi connectivity index (χ1v) is 11.9. The summed E-state index contributed by atoms with van der Waals surface area (Å²) in [6.45, 7) is 5.59. The van der Waals surface area contributed by atoms with Crippen LogP contribution < -0.4 is 10.1 Å². The largest absolute Gasteiger partial charge is 0.438 e. The van der Waals surface area contributed by atoms with Gasteiger partial charge in [0.2, 0.25) is 24.1 Å². The van der Waals surface area contributed by atoms with E-state index in [0.29, 0.717) is 54.3 Å². The smallest absolute Gasteiger partial charge is 0.246 e. The fourth-order valence-corrected chi connectivity index (χ4v) is 3.98. The van der Waals surface area contributed by atoms with Crippen molar-refractivity contribution >= 4 is 30.0 Å². The molecule has 0 aliphatic carbocycles. The number of aromatic nitrogens is 2. The van der Waals surface area contributed by atoms with Gasteiger partial charge < -0.3 is 19.9 Å². The Hall–Kier alpha value is -5.22. The molecule has 0 bridgehead atoms. The predicted octanol–water partition coefficient (Wildman–Crippen LogP) is 3.69. The molecule has 3 aromatic rings. The van der Waals surface area contributed by atoms with E-state index in [1.165, 1.54) is 6.08 Å². The number of nitriles is 2. The quantitative estimate of drug-likeness (QED) is 0.378. The van der Waals surface area contributed by atoms with Crippen molar-refractivity contribution in [3.8, 4) is 23.8 Å². The van der Waals surface area contributed by atoms with Crippen LogP contribution in [0.5, 0.6) is 11.6 Å². The molecule has 0 radical (unpaired) electrons. The summed E-state index contributed by atoms with van der Waals surface area (Å²) in [7, 11) is 0. The molecule has 2 aromatic carbocycles. The van der Waals surface area contributed by atoms with E-state index in [0.717, 1.165) is 17.5 Å². The lowest BCUT2D eigenvalue weighted by Gasteiger charge is -2.31. The van der Waals surface area contributed by atoms with Crippen molar-refractivity contribution in [3.63, 3.8) is 0 Å². The Morgan fingerprint density at radius 1 is 1.03 bits per heavy atom.